The molecule has 0 saturated heterocycles. The summed E-state index contributed by atoms with van der Waals surface area (Å²) >= 11 is 2.68. The number of anilines is 2. The number of para-hydroxylation sites is 2. The van der Waals surface area contributed by atoms with Crippen LogP contribution >= 0.6 is 23.1 Å². The van der Waals surface area contributed by atoms with Crippen molar-refractivity contribution in [1.29, 1.82) is 0 Å². The van der Waals surface area contributed by atoms with Crippen molar-refractivity contribution in [2.75, 3.05) is 30.8 Å². The van der Waals surface area contributed by atoms with Crippen molar-refractivity contribution >= 4 is 45.8 Å². The van der Waals surface area contributed by atoms with Crippen LogP contribution < -0.4 is 15.4 Å². The number of nitrogens with one attached hydrogen (secondary N) is 2. The molecule has 152 valence electrons. The first-order valence-electron chi connectivity index (χ1n) is 8.99. The average molecular weight is 425 g/mol. The lowest BCUT2D eigenvalue weighted by atomic mass is 10.3. The second-order valence-electron chi connectivity index (χ2n) is 5.47. The van der Waals surface area contributed by atoms with Gasteiger partial charge < -0.3 is 20.1 Å². The molecule has 2 aromatic rings. The zero-order chi connectivity index (χ0) is 20.2. The quantitative estimate of drug-likeness (QED) is 0.304. The lowest BCUT2D eigenvalue weighted by molar-refractivity contribution is -0.143. The molecule has 10 heteroatoms. The van der Waals surface area contributed by atoms with Gasteiger partial charge in [-0.25, -0.2) is 0 Å². The molecule has 0 saturated carbocycles. The van der Waals surface area contributed by atoms with Crippen LogP contribution in [0.4, 0.5) is 10.8 Å². The maximum atomic E-state index is 11.9. The molecule has 28 heavy (non-hydrogen) atoms. The molecule has 1 aromatic carbocycles. The fourth-order valence-electron chi connectivity index (χ4n) is 2.16. The maximum absolute atomic E-state index is 11.9. The number of rotatable bonds is 12. The van der Waals surface area contributed by atoms with Crippen molar-refractivity contribution in [2.45, 2.75) is 31.0 Å². The zero-order valence-corrected chi connectivity index (χ0v) is 17.5. The van der Waals surface area contributed by atoms with Gasteiger partial charge in [-0.2, -0.15) is 0 Å². The molecule has 0 fully saturated rings. The topological polar surface area (TPSA) is 102 Å². The van der Waals surface area contributed by atoms with Crippen LogP contribution in [0.2, 0.25) is 0 Å². The van der Waals surface area contributed by atoms with E-state index in [2.05, 4.69) is 20.8 Å². The van der Waals surface area contributed by atoms with Crippen LogP contribution in [0.25, 0.3) is 0 Å². The Hall–Kier alpha value is -2.33. The number of benzene rings is 1. The fraction of sp³-hybridized carbons (Fsp3) is 0.444. The third-order valence-corrected chi connectivity index (χ3v) is 5.32. The van der Waals surface area contributed by atoms with Crippen molar-refractivity contribution < 1.29 is 19.1 Å². The minimum Gasteiger partial charge on any atom is -0.492 e. The molecule has 8 nitrogen and oxygen atoms in total. The Morgan fingerprint density at radius 1 is 1.18 bits per heavy atom. The third kappa shape index (κ3) is 7.73. The summed E-state index contributed by atoms with van der Waals surface area (Å²) in [6, 6.07) is 7.61. The summed E-state index contributed by atoms with van der Waals surface area (Å²) in [5, 5.41) is 14.8. The molecule has 2 rings (SSSR count). The number of hydrogen-bond donors (Lipinski definition) is 2. The van der Waals surface area contributed by atoms with Crippen molar-refractivity contribution in [3.05, 3.63) is 24.3 Å². The van der Waals surface area contributed by atoms with E-state index in [1.807, 2.05) is 31.2 Å². The van der Waals surface area contributed by atoms with Gasteiger partial charge in [0, 0.05) is 13.0 Å². The Labute approximate surface area is 172 Å². The van der Waals surface area contributed by atoms with Crippen LogP contribution in [0, 0.1) is 0 Å². The molecule has 0 unspecified atom stereocenters. The van der Waals surface area contributed by atoms with Crippen molar-refractivity contribution in [3.8, 4) is 5.75 Å². The smallest absolute Gasteiger partial charge is 0.305 e. The van der Waals surface area contributed by atoms with Gasteiger partial charge in [0.05, 0.1) is 24.7 Å². The molecule has 0 spiro atoms. The highest BCUT2D eigenvalue weighted by Gasteiger charge is 2.10. The number of thioether (sulfide) groups is 1. The van der Waals surface area contributed by atoms with E-state index in [1.54, 1.807) is 6.92 Å². The van der Waals surface area contributed by atoms with Crippen LogP contribution in [-0.2, 0) is 14.3 Å². The Morgan fingerprint density at radius 2 is 2.00 bits per heavy atom. The molecule has 0 bridgehead atoms. The highest BCUT2D eigenvalue weighted by atomic mass is 32.2. The summed E-state index contributed by atoms with van der Waals surface area (Å²) in [7, 11) is 0. The molecular weight excluding hydrogens is 400 g/mol. The molecule has 1 heterocycles. The van der Waals surface area contributed by atoms with Gasteiger partial charge in [0.15, 0.2) is 4.34 Å². The Kier molecular flexibility index (Phi) is 9.56. The van der Waals surface area contributed by atoms with Gasteiger partial charge in [-0.1, -0.05) is 35.2 Å². The van der Waals surface area contributed by atoms with Crippen LogP contribution in [0.1, 0.15) is 26.7 Å². The second kappa shape index (κ2) is 12.2. The summed E-state index contributed by atoms with van der Waals surface area (Å²) in [6.07, 6.45) is 0.858. The van der Waals surface area contributed by atoms with E-state index in [-0.39, 0.29) is 17.6 Å². The number of aromatic nitrogens is 2. The van der Waals surface area contributed by atoms with Crippen LogP contribution in [0.5, 0.6) is 5.75 Å². The summed E-state index contributed by atoms with van der Waals surface area (Å²) < 4.78 is 11.1. The lowest BCUT2D eigenvalue weighted by Gasteiger charge is -2.09. The Balaban J connectivity index is 1.73. The molecular formula is C18H24N4O4S2. The average Bonchev–Trinajstić information content (AvgIpc) is 3.13. The number of hydrogen-bond acceptors (Lipinski definition) is 9. The van der Waals surface area contributed by atoms with Crippen molar-refractivity contribution in [3.63, 3.8) is 0 Å². The number of esters is 1. The van der Waals surface area contributed by atoms with Gasteiger partial charge in [0.2, 0.25) is 11.0 Å². The van der Waals surface area contributed by atoms with Crippen molar-refractivity contribution in [2.24, 2.45) is 0 Å². The zero-order valence-electron chi connectivity index (χ0n) is 15.9. The van der Waals surface area contributed by atoms with E-state index in [4.69, 9.17) is 9.47 Å². The predicted molar refractivity (Wildman–Crippen MR) is 110 cm³/mol. The maximum Gasteiger partial charge on any atom is 0.305 e. The summed E-state index contributed by atoms with van der Waals surface area (Å²) in [4.78, 5) is 23.1. The van der Waals surface area contributed by atoms with Gasteiger partial charge in [-0.05, 0) is 32.4 Å². The number of carbonyl (C=O) groups excluding carboxylic acids is 2. The minimum absolute atomic E-state index is 0.111. The Bertz CT molecular complexity index is 770. The first kappa shape index (κ1) is 22.0. The van der Waals surface area contributed by atoms with Crippen LogP contribution in [0.15, 0.2) is 28.6 Å². The van der Waals surface area contributed by atoms with E-state index in [0.717, 1.165) is 11.4 Å². The number of nitrogens with zero attached hydrogens (tertiary/aromatic N) is 2. The summed E-state index contributed by atoms with van der Waals surface area (Å²) in [5.41, 5.74) is 0.816. The first-order chi connectivity index (χ1) is 13.6. The molecule has 0 radical (unpaired) electrons. The third-order valence-electron chi connectivity index (χ3n) is 3.35. The molecule has 0 aliphatic heterocycles. The fourth-order valence-corrected chi connectivity index (χ4v) is 3.75. The van der Waals surface area contributed by atoms with Gasteiger partial charge in [0.1, 0.15) is 5.75 Å². The second-order valence-corrected chi connectivity index (χ2v) is 7.67. The van der Waals surface area contributed by atoms with Gasteiger partial charge in [-0.15, -0.1) is 10.2 Å². The van der Waals surface area contributed by atoms with Gasteiger partial charge >= 0.3 is 5.97 Å². The lowest BCUT2D eigenvalue weighted by Crippen LogP contribution is -2.26. The highest BCUT2D eigenvalue weighted by Crippen LogP contribution is 2.31. The van der Waals surface area contributed by atoms with Crippen LogP contribution in [0.3, 0.4) is 0 Å². The van der Waals surface area contributed by atoms with E-state index < -0.39 is 0 Å². The Morgan fingerprint density at radius 3 is 2.79 bits per heavy atom. The largest absolute Gasteiger partial charge is 0.492 e. The highest BCUT2D eigenvalue weighted by molar-refractivity contribution is 8.01. The first-order valence-corrected chi connectivity index (χ1v) is 10.8. The van der Waals surface area contributed by atoms with E-state index in [1.165, 1.54) is 23.1 Å². The molecule has 1 amide bonds. The predicted octanol–water partition coefficient (Wildman–Crippen LogP) is 3.23. The molecule has 0 aliphatic rings. The SMILES string of the molecule is CCOC(=O)CCCNC(=O)CSc1nnc(Nc2ccccc2OCC)s1. The standard InChI is InChI=1S/C18H24N4O4S2/c1-3-25-14-9-6-5-8-13(14)20-17-21-22-18(28-17)27-12-15(23)19-11-7-10-16(24)26-4-2/h5-6,8-9H,3-4,7,10-12H2,1-2H3,(H,19,23)(H,20,21). The monoisotopic (exact) mass is 424 g/mol. The summed E-state index contributed by atoms with van der Waals surface area (Å²) in [5.74, 6) is 0.631. The normalized spacial score (nSPS) is 10.4. The van der Waals surface area contributed by atoms with Crippen molar-refractivity contribution in [1.82, 2.24) is 15.5 Å². The van der Waals surface area contributed by atoms with Gasteiger partial charge in [0.25, 0.3) is 0 Å². The number of ether oxygens (including phenoxy) is 2. The molecule has 0 aliphatic carbocycles. The molecule has 0 atom stereocenters. The molecule has 2 N–H and O–H groups in total. The summed E-state index contributed by atoms with van der Waals surface area (Å²) in [6.45, 7) is 5.08. The van der Waals surface area contributed by atoms with Gasteiger partial charge in [-0.3, -0.25) is 9.59 Å². The molecule has 1 aromatic heterocycles. The number of amides is 1. The number of carbonyl (C=O) groups is 2. The van der Waals surface area contributed by atoms with E-state index in [9.17, 15) is 9.59 Å². The minimum atomic E-state index is -0.245. The van der Waals surface area contributed by atoms with E-state index in [0.29, 0.717) is 42.1 Å². The van der Waals surface area contributed by atoms with Crippen LogP contribution in [-0.4, -0.2) is 47.6 Å². The van der Waals surface area contributed by atoms with E-state index >= 15 is 0 Å².